The molecular weight excluding hydrogens is 214 g/mol. The molecule has 94 valence electrons. The highest BCUT2D eigenvalue weighted by atomic mass is 16.5. The molecule has 0 bridgehead atoms. The third kappa shape index (κ3) is 3.07. The van der Waals surface area contributed by atoms with Gasteiger partial charge in [0, 0.05) is 5.56 Å². The van der Waals surface area contributed by atoms with E-state index in [1.807, 2.05) is 18.2 Å². The fourth-order valence-corrected chi connectivity index (χ4v) is 1.66. The predicted molar refractivity (Wildman–Crippen MR) is 69.3 cm³/mol. The molecule has 0 radical (unpaired) electrons. The molecule has 1 rings (SSSR count). The molecule has 0 saturated carbocycles. The summed E-state index contributed by atoms with van der Waals surface area (Å²) in [6, 6.07) is 5.23. The molecule has 0 spiro atoms. The first-order valence-corrected chi connectivity index (χ1v) is 5.72. The molecule has 3 nitrogen and oxygen atoms in total. The summed E-state index contributed by atoms with van der Waals surface area (Å²) in [5, 5.41) is 0. The molecular formula is C14H21NO2. The maximum atomic E-state index is 11.4. The van der Waals surface area contributed by atoms with Gasteiger partial charge in [-0.3, -0.25) is 4.79 Å². The second-order valence-electron chi connectivity index (χ2n) is 5.30. The summed E-state index contributed by atoms with van der Waals surface area (Å²) in [5.41, 5.74) is 7.82. The Morgan fingerprint density at radius 2 is 1.94 bits per heavy atom. The number of hydrogen-bond donors (Lipinski definition) is 1. The van der Waals surface area contributed by atoms with Gasteiger partial charge < -0.3 is 10.5 Å². The number of hydrogen-bond acceptors (Lipinski definition) is 3. The van der Waals surface area contributed by atoms with Crippen molar-refractivity contribution in [3.63, 3.8) is 0 Å². The van der Waals surface area contributed by atoms with Crippen LogP contribution in [0.1, 0.15) is 44.9 Å². The van der Waals surface area contributed by atoms with Gasteiger partial charge in [0.15, 0.2) is 5.78 Å². The maximum Gasteiger partial charge on any atom is 0.151 e. The Hall–Kier alpha value is -1.35. The van der Waals surface area contributed by atoms with Gasteiger partial charge in [-0.2, -0.15) is 0 Å². The molecule has 0 amide bonds. The van der Waals surface area contributed by atoms with Crippen LogP contribution in [-0.2, 0) is 10.2 Å². The van der Waals surface area contributed by atoms with Gasteiger partial charge in [-0.15, -0.1) is 0 Å². The number of rotatable bonds is 3. The quantitative estimate of drug-likeness (QED) is 0.876. The molecule has 1 aromatic carbocycles. The zero-order valence-electron chi connectivity index (χ0n) is 11.2. The van der Waals surface area contributed by atoms with E-state index in [4.69, 9.17) is 10.5 Å². The molecule has 1 atom stereocenters. The van der Waals surface area contributed by atoms with E-state index < -0.39 is 6.04 Å². The van der Waals surface area contributed by atoms with Crippen molar-refractivity contribution in [2.45, 2.75) is 39.2 Å². The highest BCUT2D eigenvalue weighted by Gasteiger charge is 2.20. The fraction of sp³-hybridized carbons (Fsp3) is 0.500. The van der Waals surface area contributed by atoms with Crippen molar-refractivity contribution in [1.82, 2.24) is 0 Å². The Bertz CT molecular complexity index is 419. The van der Waals surface area contributed by atoms with Crippen molar-refractivity contribution >= 4 is 5.78 Å². The number of carbonyl (C=O) groups is 1. The van der Waals surface area contributed by atoms with Crippen LogP contribution in [0.15, 0.2) is 18.2 Å². The third-order valence-electron chi connectivity index (χ3n) is 2.87. The largest absolute Gasteiger partial charge is 0.496 e. The monoisotopic (exact) mass is 235 g/mol. The average molecular weight is 235 g/mol. The lowest BCUT2D eigenvalue weighted by Gasteiger charge is -2.22. The molecule has 0 fully saturated rings. The van der Waals surface area contributed by atoms with Crippen LogP contribution in [0.4, 0.5) is 0 Å². The molecule has 1 aromatic rings. The second-order valence-corrected chi connectivity index (χ2v) is 5.30. The van der Waals surface area contributed by atoms with E-state index in [1.165, 1.54) is 6.92 Å². The molecule has 17 heavy (non-hydrogen) atoms. The molecule has 1 unspecified atom stereocenters. The van der Waals surface area contributed by atoms with Crippen molar-refractivity contribution in [1.29, 1.82) is 0 Å². The summed E-state index contributed by atoms with van der Waals surface area (Å²) in [4.78, 5) is 11.4. The molecule has 0 heterocycles. The molecule has 0 aliphatic heterocycles. The lowest BCUT2D eigenvalue weighted by atomic mass is 9.85. The first kappa shape index (κ1) is 13.7. The summed E-state index contributed by atoms with van der Waals surface area (Å²) >= 11 is 0. The van der Waals surface area contributed by atoms with Crippen LogP contribution < -0.4 is 10.5 Å². The standard InChI is InChI=1S/C14H21NO2/c1-9(16)13(15)11-8-10(14(2,3)4)6-7-12(11)17-5/h6-8,13H,15H2,1-5H3. The Kier molecular flexibility index (Phi) is 3.94. The van der Waals surface area contributed by atoms with Gasteiger partial charge in [0.05, 0.1) is 13.2 Å². The van der Waals surface area contributed by atoms with Crippen molar-refractivity contribution < 1.29 is 9.53 Å². The van der Waals surface area contributed by atoms with Gasteiger partial charge in [0.2, 0.25) is 0 Å². The average Bonchev–Trinajstić information content (AvgIpc) is 2.25. The molecule has 0 saturated heterocycles. The fourth-order valence-electron chi connectivity index (χ4n) is 1.66. The molecule has 3 heteroatoms. The Morgan fingerprint density at radius 1 is 1.35 bits per heavy atom. The van der Waals surface area contributed by atoms with Gasteiger partial charge in [-0.25, -0.2) is 0 Å². The summed E-state index contributed by atoms with van der Waals surface area (Å²) in [6.45, 7) is 7.86. The summed E-state index contributed by atoms with van der Waals surface area (Å²) in [7, 11) is 1.59. The minimum atomic E-state index is -0.618. The zero-order chi connectivity index (χ0) is 13.2. The number of ether oxygens (including phenoxy) is 1. The maximum absolute atomic E-state index is 11.4. The Labute approximate surface area is 103 Å². The zero-order valence-corrected chi connectivity index (χ0v) is 11.2. The third-order valence-corrected chi connectivity index (χ3v) is 2.87. The van der Waals surface area contributed by atoms with E-state index in [0.29, 0.717) is 5.75 Å². The smallest absolute Gasteiger partial charge is 0.151 e. The van der Waals surface area contributed by atoms with E-state index in [2.05, 4.69) is 20.8 Å². The van der Waals surface area contributed by atoms with Crippen LogP contribution in [0.25, 0.3) is 0 Å². The second kappa shape index (κ2) is 4.88. The van der Waals surface area contributed by atoms with Crippen molar-refractivity contribution in [2.75, 3.05) is 7.11 Å². The van der Waals surface area contributed by atoms with Crippen LogP contribution in [0.3, 0.4) is 0 Å². The lowest BCUT2D eigenvalue weighted by molar-refractivity contribution is -0.118. The first-order valence-electron chi connectivity index (χ1n) is 5.72. The number of benzene rings is 1. The van der Waals surface area contributed by atoms with E-state index in [0.717, 1.165) is 11.1 Å². The number of carbonyl (C=O) groups excluding carboxylic acids is 1. The SMILES string of the molecule is COc1ccc(C(C)(C)C)cc1C(N)C(C)=O. The topological polar surface area (TPSA) is 52.3 Å². The lowest BCUT2D eigenvalue weighted by Crippen LogP contribution is -2.21. The van der Waals surface area contributed by atoms with Crippen LogP contribution in [0.2, 0.25) is 0 Å². The van der Waals surface area contributed by atoms with Gasteiger partial charge in [0.25, 0.3) is 0 Å². The van der Waals surface area contributed by atoms with Gasteiger partial charge >= 0.3 is 0 Å². The van der Waals surface area contributed by atoms with Gasteiger partial charge in [-0.05, 0) is 30.0 Å². The van der Waals surface area contributed by atoms with Crippen LogP contribution >= 0.6 is 0 Å². The molecule has 2 N–H and O–H groups in total. The van der Waals surface area contributed by atoms with E-state index in [9.17, 15) is 4.79 Å². The van der Waals surface area contributed by atoms with Crippen LogP contribution in [0.5, 0.6) is 5.75 Å². The summed E-state index contributed by atoms with van der Waals surface area (Å²) in [6.07, 6.45) is 0. The molecule has 0 aliphatic rings. The summed E-state index contributed by atoms with van der Waals surface area (Å²) in [5.74, 6) is 0.607. The number of nitrogens with two attached hydrogens (primary N) is 1. The molecule has 0 aromatic heterocycles. The number of Topliss-reactive ketones (excluding diaryl/α,β-unsaturated/α-hetero) is 1. The number of methoxy groups -OCH3 is 1. The van der Waals surface area contributed by atoms with Crippen molar-refractivity contribution in [3.05, 3.63) is 29.3 Å². The predicted octanol–water partition coefficient (Wildman–Crippen LogP) is 2.58. The van der Waals surface area contributed by atoms with E-state index in [-0.39, 0.29) is 11.2 Å². The normalized spacial score (nSPS) is 13.3. The first-order chi connectivity index (χ1) is 7.77. The Morgan fingerprint density at radius 3 is 2.35 bits per heavy atom. The molecule has 0 aliphatic carbocycles. The highest BCUT2D eigenvalue weighted by Crippen LogP contribution is 2.30. The van der Waals surface area contributed by atoms with Gasteiger partial charge in [-0.1, -0.05) is 26.8 Å². The van der Waals surface area contributed by atoms with Gasteiger partial charge in [0.1, 0.15) is 5.75 Å². The summed E-state index contributed by atoms with van der Waals surface area (Å²) < 4.78 is 5.25. The van der Waals surface area contributed by atoms with E-state index >= 15 is 0 Å². The van der Waals surface area contributed by atoms with Crippen LogP contribution in [-0.4, -0.2) is 12.9 Å². The Balaban J connectivity index is 3.29. The van der Waals surface area contributed by atoms with Crippen molar-refractivity contribution in [2.24, 2.45) is 5.73 Å². The minimum absolute atomic E-state index is 0.0253. The minimum Gasteiger partial charge on any atom is -0.496 e. The van der Waals surface area contributed by atoms with Crippen LogP contribution in [0, 0.1) is 0 Å². The highest BCUT2D eigenvalue weighted by molar-refractivity contribution is 5.83. The number of ketones is 1. The van der Waals surface area contributed by atoms with E-state index in [1.54, 1.807) is 7.11 Å². The van der Waals surface area contributed by atoms with Crippen molar-refractivity contribution in [3.8, 4) is 5.75 Å².